The van der Waals surface area contributed by atoms with Crippen molar-refractivity contribution in [1.29, 1.82) is 0 Å². The van der Waals surface area contributed by atoms with E-state index in [1.165, 1.54) is 6.92 Å². The van der Waals surface area contributed by atoms with Gasteiger partial charge >= 0.3 is 0 Å². The molecule has 1 atom stereocenters. The molecular formula is C5H11IO3. The number of alkyl halides is 1. The number of ether oxygens (including phenoxy) is 1. The van der Waals surface area contributed by atoms with Crippen LogP contribution in [-0.4, -0.2) is 33.6 Å². The Bertz CT molecular complexity index is 74.6. The molecule has 0 saturated heterocycles. The normalized spacial score (nSPS) is 17.3. The van der Waals surface area contributed by atoms with E-state index in [2.05, 4.69) is 0 Å². The molecule has 0 bridgehead atoms. The lowest BCUT2D eigenvalue weighted by molar-refractivity contribution is -0.0543. The van der Waals surface area contributed by atoms with Crippen LogP contribution < -0.4 is 0 Å². The van der Waals surface area contributed by atoms with Crippen molar-refractivity contribution in [3.63, 3.8) is 0 Å². The molecule has 9 heavy (non-hydrogen) atoms. The molecule has 4 heteroatoms. The maximum absolute atomic E-state index is 9.08. The zero-order valence-corrected chi connectivity index (χ0v) is 7.46. The van der Waals surface area contributed by atoms with E-state index in [1.807, 2.05) is 22.6 Å². The molecule has 0 aromatic heterocycles. The number of hydrogen-bond acceptors (Lipinski definition) is 3. The fourth-order valence-electron chi connectivity index (χ4n) is 0.304. The standard InChI is InChI=1S/C5H11IO3/c1-5(8,2-7)3-9-4-6/h7-8H,2-4H2,1H3. The first-order chi connectivity index (χ1) is 4.12. The van der Waals surface area contributed by atoms with Gasteiger partial charge in [0.1, 0.15) is 5.60 Å². The van der Waals surface area contributed by atoms with Gasteiger partial charge in [-0.25, -0.2) is 0 Å². The summed E-state index contributed by atoms with van der Waals surface area (Å²) < 4.78 is 5.40. The van der Waals surface area contributed by atoms with Crippen molar-refractivity contribution in [2.75, 3.05) is 17.8 Å². The number of aliphatic hydroxyl groups is 2. The van der Waals surface area contributed by atoms with Crippen LogP contribution in [0, 0.1) is 0 Å². The van der Waals surface area contributed by atoms with Crippen LogP contribution in [0.25, 0.3) is 0 Å². The average Bonchev–Trinajstić information content (AvgIpc) is 1.84. The van der Waals surface area contributed by atoms with E-state index in [9.17, 15) is 0 Å². The van der Waals surface area contributed by atoms with E-state index in [0.29, 0.717) is 4.61 Å². The van der Waals surface area contributed by atoms with Crippen molar-refractivity contribution in [2.24, 2.45) is 0 Å². The van der Waals surface area contributed by atoms with Gasteiger partial charge < -0.3 is 14.9 Å². The summed E-state index contributed by atoms with van der Waals surface area (Å²) in [4.78, 5) is 0. The van der Waals surface area contributed by atoms with Crippen LogP contribution in [0.3, 0.4) is 0 Å². The van der Waals surface area contributed by atoms with Crippen LogP contribution >= 0.6 is 22.6 Å². The SMILES string of the molecule is CC(O)(CO)COCI. The molecule has 3 nitrogen and oxygen atoms in total. The molecular weight excluding hydrogens is 235 g/mol. The molecule has 0 radical (unpaired) electrons. The van der Waals surface area contributed by atoms with Gasteiger partial charge in [-0.15, -0.1) is 0 Å². The lowest BCUT2D eigenvalue weighted by atomic mass is 10.1. The second-order valence-electron chi connectivity index (χ2n) is 2.11. The number of hydrogen-bond donors (Lipinski definition) is 2. The molecule has 0 aromatic carbocycles. The maximum Gasteiger partial charge on any atom is 0.108 e. The summed E-state index contributed by atoms with van der Waals surface area (Å²) >= 11 is 2.03. The Balaban J connectivity index is 3.33. The van der Waals surface area contributed by atoms with Gasteiger partial charge in [0, 0.05) is 0 Å². The molecule has 0 aliphatic rings. The monoisotopic (exact) mass is 246 g/mol. The minimum absolute atomic E-state index is 0.187. The molecule has 0 aliphatic heterocycles. The van der Waals surface area contributed by atoms with Crippen molar-refractivity contribution >= 4 is 22.6 Å². The Morgan fingerprint density at radius 1 is 1.67 bits per heavy atom. The van der Waals surface area contributed by atoms with Gasteiger partial charge in [-0.3, -0.25) is 0 Å². The summed E-state index contributed by atoms with van der Waals surface area (Å²) in [5, 5.41) is 17.6. The van der Waals surface area contributed by atoms with Gasteiger partial charge in [0.2, 0.25) is 0 Å². The van der Waals surface area contributed by atoms with Crippen molar-refractivity contribution < 1.29 is 14.9 Å². The summed E-state index contributed by atoms with van der Waals surface area (Å²) in [6.07, 6.45) is 0. The van der Waals surface area contributed by atoms with Gasteiger partial charge in [0.05, 0.1) is 17.8 Å². The number of halogens is 1. The molecule has 0 aromatic rings. The minimum Gasteiger partial charge on any atom is -0.393 e. The Kier molecular flexibility index (Phi) is 4.73. The predicted octanol–water partition coefficient (Wildman–Crippen LogP) is 0.139. The third kappa shape index (κ3) is 5.07. The second-order valence-corrected chi connectivity index (χ2v) is 2.74. The molecule has 0 spiro atoms. The van der Waals surface area contributed by atoms with Gasteiger partial charge in [0.25, 0.3) is 0 Å². The Morgan fingerprint density at radius 3 is 2.56 bits per heavy atom. The first-order valence-corrected chi connectivity index (χ1v) is 4.12. The minimum atomic E-state index is -1.08. The molecule has 1 unspecified atom stereocenters. The number of rotatable bonds is 4. The van der Waals surface area contributed by atoms with Gasteiger partial charge in [-0.05, 0) is 6.92 Å². The van der Waals surface area contributed by atoms with Crippen molar-refractivity contribution in [2.45, 2.75) is 12.5 Å². The van der Waals surface area contributed by atoms with Gasteiger partial charge in [-0.2, -0.15) is 0 Å². The van der Waals surface area contributed by atoms with E-state index >= 15 is 0 Å². The first-order valence-electron chi connectivity index (χ1n) is 2.59. The van der Waals surface area contributed by atoms with Gasteiger partial charge in [0.15, 0.2) is 0 Å². The topological polar surface area (TPSA) is 49.7 Å². The fraction of sp³-hybridized carbons (Fsp3) is 1.00. The summed E-state index contributed by atoms with van der Waals surface area (Å²) in [7, 11) is 0. The van der Waals surface area contributed by atoms with Crippen LogP contribution in [0.4, 0.5) is 0 Å². The molecule has 0 saturated carbocycles. The predicted molar refractivity (Wildman–Crippen MR) is 42.5 cm³/mol. The molecule has 0 aliphatic carbocycles. The largest absolute Gasteiger partial charge is 0.393 e. The van der Waals surface area contributed by atoms with E-state index in [-0.39, 0.29) is 13.2 Å². The summed E-state index contributed by atoms with van der Waals surface area (Å²) in [6, 6.07) is 0. The van der Waals surface area contributed by atoms with Crippen LogP contribution in [0.15, 0.2) is 0 Å². The molecule has 2 N–H and O–H groups in total. The number of aliphatic hydroxyl groups excluding tert-OH is 1. The fourth-order valence-corrected chi connectivity index (χ4v) is 0.524. The average molecular weight is 246 g/mol. The van der Waals surface area contributed by atoms with Crippen molar-refractivity contribution in [3.05, 3.63) is 0 Å². The Labute approximate surface area is 68.2 Å². The molecule has 0 heterocycles. The first kappa shape index (κ1) is 9.61. The lowest BCUT2D eigenvalue weighted by Gasteiger charge is -2.18. The van der Waals surface area contributed by atoms with E-state index in [0.717, 1.165) is 0 Å². The van der Waals surface area contributed by atoms with E-state index in [1.54, 1.807) is 0 Å². The maximum atomic E-state index is 9.08. The lowest BCUT2D eigenvalue weighted by Crippen LogP contribution is -2.34. The van der Waals surface area contributed by atoms with Crippen LogP contribution in [0.2, 0.25) is 0 Å². The van der Waals surface area contributed by atoms with Crippen LogP contribution in [0.5, 0.6) is 0 Å². The van der Waals surface area contributed by atoms with E-state index in [4.69, 9.17) is 14.9 Å². The highest BCUT2D eigenvalue weighted by Gasteiger charge is 2.18. The van der Waals surface area contributed by atoms with Crippen LogP contribution in [-0.2, 0) is 4.74 Å². The zero-order chi connectivity index (χ0) is 7.33. The molecule has 0 amide bonds. The second kappa shape index (κ2) is 4.43. The van der Waals surface area contributed by atoms with E-state index < -0.39 is 5.60 Å². The Hall–Kier alpha value is 0.610. The van der Waals surface area contributed by atoms with Crippen molar-refractivity contribution in [1.82, 2.24) is 0 Å². The third-order valence-electron chi connectivity index (χ3n) is 0.831. The molecule has 56 valence electrons. The van der Waals surface area contributed by atoms with Gasteiger partial charge in [-0.1, -0.05) is 22.6 Å². The highest BCUT2D eigenvalue weighted by Crippen LogP contribution is 2.02. The highest BCUT2D eigenvalue weighted by atomic mass is 127. The zero-order valence-electron chi connectivity index (χ0n) is 5.30. The van der Waals surface area contributed by atoms with Crippen LogP contribution in [0.1, 0.15) is 6.92 Å². The van der Waals surface area contributed by atoms with Crippen molar-refractivity contribution in [3.8, 4) is 0 Å². The smallest absolute Gasteiger partial charge is 0.108 e. The quantitative estimate of drug-likeness (QED) is 0.548. The highest BCUT2D eigenvalue weighted by molar-refractivity contribution is 14.1. The summed E-state index contributed by atoms with van der Waals surface area (Å²) in [5.41, 5.74) is -1.08. The summed E-state index contributed by atoms with van der Waals surface area (Å²) in [6.45, 7) is 1.45. The molecule has 0 rings (SSSR count). The summed E-state index contributed by atoms with van der Waals surface area (Å²) in [5.74, 6) is 0. The third-order valence-corrected chi connectivity index (χ3v) is 1.27. The Morgan fingerprint density at radius 2 is 2.22 bits per heavy atom. The molecule has 0 fully saturated rings.